The summed E-state index contributed by atoms with van der Waals surface area (Å²) in [5, 5.41) is 6.23. The first-order valence-corrected chi connectivity index (χ1v) is 5.69. The monoisotopic (exact) mass is 197 g/mol. The highest BCUT2D eigenvalue weighted by Gasteiger charge is 2.34. The molecule has 0 atom stereocenters. The number of hydrogen-bond acceptors (Lipinski definition) is 4. The Labute approximate surface area is 82.5 Å². The summed E-state index contributed by atoms with van der Waals surface area (Å²) in [4.78, 5) is 0. The molecule has 0 amide bonds. The van der Waals surface area contributed by atoms with Gasteiger partial charge in [0.15, 0.2) is 0 Å². The molecule has 13 heavy (non-hydrogen) atoms. The average Bonchev–Trinajstić information content (AvgIpc) is 2.72. The molecule has 1 aliphatic carbocycles. The van der Waals surface area contributed by atoms with Gasteiger partial charge in [-0.3, -0.25) is 0 Å². The fourth-order valence-electron chi connectivity index (χ4n) is 2.19. The molecular weight excluding hydrogens is 182 g/mol. The van der Waals surface area contributed by atoms with Crippen LogP contribution in [0.4, 0.5) is 0 Å². The van der Waals surface area contributed by atoms with Gasteiger partial charge in [-0.1, -0.05) is 23.8 Å². The van der Waals surface area contributed by atoms with Gasteiger partial charge in [0, 0.05) is 17.3 Å². The maximum absolute atomic E-state index is 5.87. The maximum atomic E-state index is 5.87. The normalized spacial score (nSPS) is 21.6. The highest BCUT2D eigenvalue weighted by Crippen LogP contribution is 2.37. The van der Waals surface area contributed by atoms with E-state index in [9.17, 15) is 0 Å². The van der Waals surface area contributed by atoms with E-state index in [4.69, 9.17) is 5.73 Å². The van der Waals surface area contributed by atoms with Gasteiger partial charge in [0.05, 0.1) is 5.69 Å². The minimum atomic E-state index is 0.158. The van der Waals surface area contributed by atoms with Crippen LogP contribution in [0, 0.1) is 0 Å². The Bertz CT molecular complexity index is 252. The molecule has 1 saturated carbocycles. The fraction of sp³-hybridized carbons (Fsp3) is 0.778. The Morgan fingerprint density at radius 1 is 1.38 bits per heavy atom. The topological polar surface area (TPSA) is 51.8 Å². The summed E-state index contributed by atoms with van der Waals surface area (Å²) in [7, 11) is 0. The van der Waals surface area contributed by atoms with Crippen LogP contribution < -0.4 is 5.73 Å². The molecule has 0 spiro atoms. The molecule has 1 heterocycles. The molecule has 1 fully saturated rings. The van der Waals surface area contributed by atoms with Crippen molar-refractivity contribution in [2.75, 3.05) is 6.54 Å². The third kappa shape index (κ3) is 1.60. The highest BCUT2D eigenvalue weighted by molar-refractivity contribution is 7.03. The number of aromatic nitrogens is 2. The van der Waals surface area contributed by atoms with E-state index in [1.54, 1.807) is 0 Å². The molecule has 72 valence electrons. The van der Waals surface area contributed by atoms with Crippen molar-refractivity contribution < 1.29 is 0 Å². The standard InChI is InChI=1S/C9H15N3S/c10-7-9(4-2-1-3-5-9)8-6-13-12-11-8/h6H,1-5,7,10H2. The minimum Gasteiger partial charge on any atom is -0.330 e. The van der Waals surface area contributed by atoms with Crippen molar-refractivity contribution in [2.24, 2.45) is 5.73 Å². The lowest BCUT2D eigenvalue weighted by molar-refractivity contribution is 0.293. The van der Waals surface area contributed by atoms with E-state index in [-0.39, 0.29) is 5.41 Å². The van der Waals surface area contributed by atoms with Crippen molar-refractivity contribution in [3.8, 4) is 0 Å². The lowest BCUT2D eigenvalue weighted by atomic mass is 9.72. The van der Waals surface area contributed by atoms with E-state index < -0.39 is 0 Å². The van der Waals surface area contributed by atoms with E-state index in [2.05, 4.69) is 15.0 Å². The Kier molecular flexibility index (Phi) is 2.60. The summed E-state index contributed by atoms with van der Waals surface area (Å²) in [6.07, 6.45) is 6.30. The predicted octanol–water partition coefficient (Wildman–Crippen LogP) is 1.70. The summed E-state index contributed by atoms with van der Waals surface area (Å²) in [5.41, 5.74) is 7.15. The number of nitrogens with zero attached hydrogens (tertiary/aromatic N) is 2. The van der Waals surface area contributed by atoms with Gasteiger partial charge >= 0.3 is 0 Å². The Morgan fingerprint density at radius 2 is 2.15 bits per heavy atom. The molecule has 0 saturated heterocycles. The molecule has 3 nitrogen and oxygen atoms in total. The van der Waals surface area contributed by atoms with Crippen LogP contribution in [0.25, 0.3) is 0 Å². The van der Waals surface area contributed by atoms with Gasteiger partial charge < -0.3 is 5.73 Å². The van der Waals surface area contributed by atoms with Gasteiger partial charge in [-0.2, -0.15) is 0 Å². The second kappa shape index (κ2) is 3.72. The average molecular weight is 197 g/mol. The van der Waals surface area contributed by atoms with Crippen molar-refractivity contribution in [3.05, 3.63) is 11.1 Å². The molecule has 2 N–H and O–H groups in total. The third-order valence-corrected chi connectivity index (χ3v) is 3.61. The molecule has 0 aromatic carbocycles. The fourth-order valence-corrected chi connectivity index (χ4v) is 2.77. The molecule has 0 aliphatic heterocycles. The van der Waals surface area contributed by atoms with Crippen LogP contribution in [0.15, 0.2) is 5.38 Å². The summed E-state index contributed by atoms with van der Waals surface area (Å²) in [6, 6.07) is 0. The molecule has 0 radical (unpaired) electrons. The molecule has 1 aliphatic rings. The summed E-state index contributed by atoms with van der Waals surface area (Å²) in [6.45, 7) is 0.721. The smallest absolute Gasteiger partial charge is 0.0829 e. The summed E-state index contributed by atoms with van der Waals surface area (Å²) >= 11 is 1.43. The first-order chi connectivity index (χ1) is 6.37. The van der Waals surface area contributed by atoms with Gasteiger partial charge in [-0.15, -0.1) is 5.10 Å². The maximum Gasteiger partial charge on any atom is 0.0829 e. The quantitative estimate of drug-likeness (QED) is 0.785. The van der Waals surface area contributed by atoms with Crippen LogP contribution in [-0.2, 0) is 5.41 Å². The zero-order valence-electron chi connectivity index (χ0n) is 7.70. The van der Waals surface area contributed by atoms with Gasteiger partial charge in [0.2, 0.25) is 0 Å². The van der Waals surface area contributed by atoms with E-state index in [0.29, 0.717) is 0 Å². The largest absolute Gasteiger partial charge is 0.330 e. The molecule has 4 heteroatoms. The lowest BCUT2D eigenvalue weighted by Gasteiger charge is -2.34. The lowest BCUT2D eigenvalue weighted by Crippen LogP contribution is -2.37. The highest BCUT2D eigenvalue weighted by atomic mass is 32.1. The van der Waals surface area contributed by atoms with Crippen molar-refractivity contribution in [2.45, 2.75) is 37.5 Å². The van der Waals surface area contributed by atoms with Gasteiger partial charge in [-0.25, -0.2) is 0 Å². The van der Waals surface area contributed by atoms with E-state index in [0.717, 1.165) is 12.2 Å². The van der Waals surface area contributed by atoms with E-state index >= 15 is 0 Å². The first-order valence-electron chi connectivity index (χ1n) is 4.85. The van der Waals surface area contributed by atoms with Gasteiger partial charge in [0.1, 0.15) is 0 Å². The molecule has 1 aromatic rings. The van der Waals surface area contributed by atoms with Crippen LogP contribution in [0.3, 0.4) is 0 Å². The van der Waals surface area contributed by atoms with Crippen molar-refractivity contribution in [3.63, 3.8) is 0 Å². The van der Waals surface area contributed by atoms with Crippen molar-refractivity contribution in [1.29, 1.82) is 0 Å². The van der Waals surface area contributed by atoms with Crippen molar-refractivity contribution >= 4 is 11.5 Å². The predicted molar refractivity (Wildman–Crippen MR) is 53.7 cm³/mol. The van der Waals surface area contributed by atoms with Crippen LogP contribution in [0.5, 0.6) is 0 Å². The summed E-state index contributed by atoms with van der Waals surface area (Å²) in [5.74, 6) is 0. The van der Waals surface area contributed by atoms with Crippen LogP contribution in [-0.4, -0.2) is 16.1 Å². The molecular formula is C9H15N3S. The van der Waals surface area contributed by atoms with Crippen LogP contribution in [0.1, 0.15) is 37.8 Å². The van der Waals surface area contributed by atoms with Gasteiger partial charge in [0.25, 0.3) is 0 Å². The zero-order valence-corrected chi connectivity index (χ0v) is 8.52. The number of hydrogen-bond donors (Lipinski definition) is 1. The SMILES string of the molecule is NCC1(c2csnn2)CCCCC1. The Morgan fingerprint density at radius 3 is 2.69 bits per heavy atom. The molecule has 0 bridgehead atoms. The molecule has 1 aromatic heterocycles. The molecule has 0 unspecified atom stereocenters. The van der Waals surface area contributed by atoms with E-state index in [1.807, 2.05) is 0 Å². The van der Waals surface area contributed by atoms with Crippen LogP contribution in [0.2, 0.25) is 0 Å². The van der Waals surface area contributed by atoms with E-state index in [1.165, 1.54) is 43.6 Å². The number of rotatable bonds is 2. The Hall–Kier alpha value is -0.480. The Balaban J connectivity index is 2.23. The zero-order chi connectivity index (χ0) is 9.15. The summed E-state index contributed by atoms with van der Waals surface area (Å²) < 4.78 is 3.93. The third-order valence-electron chi connectivity index (χ3n) is 3.10. The minimum absolute atomic E-state index is 0.158. The molecule has 2 rings (SSSR count). The van der Waals surface area contributed by atoms with Crippen molar-refractivity contribution in [1.82, 2.24) is 9.59 Å². The van der Waals surface area contributed by atoms with Gasteiger partial charge in [-0.05, 0) is 24.4 Å². The second-order valence-corrected chi connectivity index (χ2v) is 4.45. The second-order valence-electron chi connectivity index (χ2n) is 3.84. The first kappa shape index (κ1) is 9.09. The number of nitrogens with two attached hydrogens (primary N) is 1. The van der Waals surface area contributed by atoms with Crippen LogP contribution >= 0.6 is 11.5 Å².